The summed E-state index contributed by atoms with van der Waals surface area (Å²) < 4.78 is 10.6. The van der Waals surface area contributed by atoms with Gasteiger partial charge in [-0.25, -0.2) is 4.79 Å². The number of nitrogens with zero attached hydrogens (tertiary/aromatic N) is 1. The molecule has 1 heterocycles. The summed E-state index contributed by atoms with van der Waals surface area (Å²) in [5, 5.41) is 3.02. The first-order valence-corrected chi connectivity index (χ1v) is 6.64. The van der Waals surface area contributed by atoms with E-state index >= 15 is 0 Å². The van der Waals surface area contributed by atoms with Gasteiger partial charge in [0.25, 0.3) is 0 Å². The third-order valence-electron chi connectivity index (χ3n) is 2.53. The van der Waals surface area contributed by atoms with Gasteiger partial charge in [0.15, 0.2) is 6.10 Å². The highest BCUT2D eigenvalue weighted by Crippen LogP contribution is 2.14. The van der Waals surface area contributed by atoms with Gasteiger partial charge in [-0.3, -0.25) is 4.98 Å². The Morgan fingerprint density at radius 3 is 2.74 bits per heavy atom. The molecule has 0 aliphatic carbocycles. The number of ether oxygens (including phenoxy) is 2. The molecule has 0 amide bonds. The van der Waals surface area contributed by atoms with Gasteiger partial charge in [-0.1, -0.05) is 13.3 Å². The molecule has 0 saturated carbocycles. The van der Waals surface area contributed by atoms with Crippen molar-refractivity contribution >= 4 is 5.97 Å². The molecular formula is C14H22N2O3. The molecule has 1 unspecified atom stereocenters. The molecule has 0 aromatic carbocycles. The molecule has 1 aromatic heterocycles. The van der Waals surface area contributed by atoms with Crippen LogP contribution in [-0.2, 0) is 16.1 Å². The lowest BCUT2D eigenvalue weighted by molar-refractivity contribution is -0.151. The van der Waals surface area contributed by atoms with E-state index < -0.39 is 6.10 Å². The lowest BCUT2D eigenvalue weighted by Gasteiger charge is -2.16. The van der Waals surface area contributed by atoms with Gasteiger partial charge in [-0.2, -0.15) is 0 Å². The van der Waals surface area contributed by atoms with E-state index in [2.05, 4.69) is 10.3 Å². The van der Waals surface area contributed by atoms with Crippen LogP contribution < -0.4 is 10.1 Å². The molecule has 1 atom stereocenters. The van der Waals surface area contributed by atoms with Crippen molar-refractivity contribution in [1.29, 1.82) is 0 Å². The van der Waals surface area contributed by atoms with Crippen molar-refractivity contribution in [3.05, 3.63) is 24.0 Å². The topological polar surface area (TPSA) is 60.5 Å². The Bertz CT molecular complexity index is 379. The highest BCUT2D eigenvalue weighted by atomic mass is 16.6. The van der Waals surface area contributed by atoms with E-state index in [1.165, 1.54) is 0 Å². The van der Waals surface area contributed by atoms with Crippen LogP contribution in [0.1, 0.15) is 32.4 Å². The Morgan fingerprint density at radius 1 is 1.42 bits per heavy atom. The predicted molar refractivity (Wildman–Crippen MR) is 73.0 cm³/mol. The molecule has 0 aliphatic rings. The molecule has 5 heteroatoms. The van der Waals surface area contributed by atoms with Crippen LogP contribution in [0, 0.1) is 0 Å². The van der Waals surface area contributed by atoms with Gasteiger partial charge >= 0.3 is 5.97 Å². The number of esters is 1. The van der Waals surface area contributed by atoms with Crippen LogP contribution >= 0.6 is 0 Å². The fraction of sp³-hybridized carbons (Fsp3) is 0.571. The van der Waals surface area contributed by atoms with E-state index in [0.717, 1.165) is 12.1 Å². The molecule has 106 valence electrons. The Hall–Kier alpha value is -1.62. The average Bonchev–Trinajstić information content (AvgIpc) is 2.41. The number of carbonyl (C=O) groups is 1. The Kier molecular flexibility index (Phi) is 6.89. The monoisotopic (exact) mass is 266 g/mol. The van der Waals surface area contributed by atoms with Gasteiger partial charge < -0.3 is 14.8 Å². The highest BCUT2D eigenvalue weighted by molar-refractivity contribution is 5.75. The molecule has 0 saturated heterocycles. The number of hydrogen-bond acceptors (Lipinski definition) is 5. The first kappa shape index (κ1) is 15.4. The minimum atomic E-state index is -0.554. The molecule has 0 bridgehead atoms. The van der Waals surface area contributed by atoms with E-state index in [9.17, 15) is 4.79 Å². The van der Waals surface area contributed by atoms with Gasteiger partial charge in [-0.15, -0.1) is 0 Å². The second-order valence-electron chi connectivity index (χ2n) is 4.16. The number of nitrogens with one attached hydrogen (secondary N) is 1. The van der Waals surface area contributed by atoms with Crippen LogP contribution in [0.2, 0.25) is 0 Å². The molecular weight excluding hydrogens is 244 g/mol. The zero-order valence-electron chi connectivity index (χ0n) is 11.8. The highest BCUT2D eigenvalue weighted by Gasteiger charge is 2.20. The van der Waals surface area contributed by atoms with Crippen LogP contribution in [0.25, 0.3) is 0 Å². The summed E-state index contributed by atoms with van der Waals surface area (Å²) in [7, 11) is 1.87. The van der Waals surface area contributed by atoms with Crippen molar-refractivity contribution in [2.75, 3.05) is 13.7 Å². The summed E-state index contributed by atoms with van der Waals surface area (Å²) in [5.41, 5.74) is 0.929. The van der Waals surface area contributed by atoms with Gasteiger partial charge in [0, 0.05) is 6.54 Å². The van der Waals surface area contributed by atoms with Crippen molar-refractivity contribution in [3.63, 3.8) is 0 Å². The smallest absolute Gasteiger partial charge is 0.347 e. The van der Waals surface area contributed by atoms with Crippen molar-refractivity contribution < 1.29 is 14.3 Å². The fourth-order valence-corrected chi connectivity index (χ4v) is 1.65. The first-order chi connectivity index (χ1) is 9.21. The second kappa shape index (κ2) is 8.48. The molecule has 0 fully saturated rings. The maximum atomic E-state index is 11.7. The van der Waals surface area contributed by atoms with E-state index in [1.807, 2.05) is 26.1 Å². The lowest BCUT2D eigenvalue weighted by Crippen LogP contribution is -2.29. The molecule has 5 nitrogen and oxygen atoms in total. The average molecular weight is 266 g/mol. The maximum absolute atomic E-state index is 11.7. The maximum Gasteiger partial charge on any atom is 0.347 e. The van der Waals surface area contributed by atoms with Gasteiger partial charge in [0.05, 0.1) is 18.5 Å². The first-order valence-electron chi connectivity index (χ1n) is 6.64. The SMILES string of the molecule is CCCC(Oc1ccc(CNC)nc1)C(=O)OCC. The summed E-state index contributed by atoms with van der Waals surface area (Å²) in [6.45, 7) is 4.86. The minimum Gasteiger partial charge on any atom is -0.477 e. The summed E-state index contributed by atoms with van der Waals surface area (Å²) in [5.74, 6) is 0.273. The van der Waals surface area contributed by atoms with Gasteiger partial charge in [0.2, 0.25) is 0 Å². The van der Waals surface area contributed by atoms with Crippen LogP contribution in [-0.4, -0.2) is 30.7 Å². The third kappa shape index (κ3) is 5.26. The normalized spacial score (nSPS) is 11.9. The van der Waals surface area contributed by atoms with Gasteiger partial charge in [0.1, 0.15) is 5.75 Å². The van der Waals surface area contributed by atoms with Crippen molar-refractivity contribution in [2.45, 2.75) is 39.3 Å². The predicted octanol–water partition coefficient (Wildman–Crippen LogP) is 1.91. The van der Waals surface area contributed by atoms with E-state index in [1.54, 1.807) is 13.1 Å². The zero-order chi connectivity index (χ0) is 14.1. The summed E-state index contributed by atoms with van der Waals surface area (Å²) in [4.78, 5) is 16.0. The molecule has 0 aliphatic heterocycles. The Balaban J connectivity index is 2.64. The Morgan fingerprint density at radius 2 is 2.21 bits per heavy atom. The van der Waals surface area contributed by atoms with Crippen molar-refractivity contribution in [1.82, 2.24) is 10.3 Å². The fourth-order valence-electron chi connectivity index (χ4n) is 1.65. The molecule has 1 N–H and O–H groups in total. The molecule has 1 aromatic rings. The number of rotatable bonds is 8. The molecule has 1 rings (SSSR count). The summed E-state index contributed by atoms with van der Waals surface area (Å²) in [6, 6.07) is 3.70. The quantitative estimate of drug-likeness (QED) is 0.728. The van der Waals surface area contributed by atoms with Crippen LogP contribution in [0.15, 0.2) is 18.3 Å². The van der Waals surface area contributed by atoms with Gasteiger partial charge in [-0.05, 0) is 32.5 Å². The lowest BCUT2D eigenvalue weighted by atomic mass is 10.2. The van der Waals surface area contributed by atoms with Crippen molar-refractivity contribution in [3.8, 4) is 5.75 Å². The van der Waals surface area contributed by atoms with Crippen LogP contribution in [0.3, 0.4) is 0 Å². The number of hydrogen-bond donors (Lipinski definition) is 1. The number of pyridine rings is 1. The Labute approximate surface area is 114 Å². The third-order valence-corrected chi connectivity index (χ3v) is 2.53. The summed E-state index contributed by atoms with van der Waals surface area (Å²) in [6.07, 6.45) is 2.57. The number of aromatic nitrogens is 1. The second-order valence-corrected chi connectivity index (χ2v) is 4.16. The van der Waals surface area contributed by atoms with Crippen LogP contribution in [0.5, 0.6) is 5.75 Å². The largest absolute Gasteiger partial charge is 0.477 e. The zero-order valence-corrected chi connectivity index (χ0v) is 11.8. The van der Waals surface area contributed by atoms with Crippen molar-refractivity contribution in [2.24, 2.45) is 0 Å². The summed E-state index contributed by atoms with van der Waals surface area (Å²) >= 11 is 0. The van der Waals surface area contributed by atoms with Crippen LogP contribution in [0.4, 0.5) is 0 Å². The molecule has 0 spiro atoms. The van der Waals surface area contributed by atoms with E-state index in [-0.39, 0.29) is 5.97 Å². The van der Waals surface area contributed by atoms with E-state index in [0.29, 0.717) is 25.3 Å². The molecule has 0 radical (unpaired) electrons. The standard InChI is InChI=1S/C14H22N2O3/c1-4-6-13(14(17)18-5-2)19-12-8-7-11(9-15-3)16-10-12/h7-8,10,13,15H,4-6,9H2,1-3H3. The number of carbonyl (C=O) groups excluding carboxylic acids is 1. The van der Waals surface area contributed by atoms with E-state index in [4.69, 9.17) is 9.47 Å². The molecule has 19 heavy (non-hydrogen) atoms. The minimum absolute atomic E-state index is 0.316.